The fraction of sp³-hybridized carbons (Fsp3) is 0.111. The van der Waals surface area contributed by atoms with Crippen LogP contribution < -0.4 is 0 Å². The first-order valence-electron chi connectivity index (χ1n) is 5.22. The van der Waals surface area contributed by atoms with Crippen LogP contribution in [0.15, 0.2) is 50.5 Å². The summed E-state index contributed by atoms with van der Waals surface area (Å²) in [7, 11) is -2.70. The minimum absolute atomic E-state index is 0.414. The van der Waals surface area contributed by atoms with Gasteiger partial charge >= 0.3 is 0 Å². The third kappa shape index (κ3) is 4.55. The van der Waals surface area contributed by atoms with E-state index in [2.05, 4.69) is 20.1 Å². The van der Waals surface area contributed by atoms with Crippen LogP contribution >= 0.6 is 64.2 Å². The molecule has 1 unspecified atom stereocenters. The predicted molar refractivity (Wildman–Crippen MR) is 93.9 cm³/mol. The lowest BCUT2D eigenvalue weighted by molar-refractivity contribution is 0.569. The molecule has 4 nitrogen and oxygen atoms in total. The molecule has 1 aliphatic heterocycles. The molecule has 0 saturated heterocycles. The lowest BCUT2D eigenvalue weighted by Gasteiger charge is -2.24. The van der Waals surface area contributed by atoms with E-state index in [0.29, 0.717) is 5.76 Å². The van der Waals surface area contributed by atoms with E-state index < -0.39 is 19.3 Å². The van der Waals surface area contributed by atoms with Crippen LogP contribution in [0.4, 0.5) is 0 Å². The molecule has 1 aromatic rings. The third-order valence-electron chi connectivity index (χ3n) is 2.14. The molecule has 0 saturated carbocycles. The predicted octanol–water partition coefficient (Wildman–Crippen LogP) is 8.20. The summed E-state index contributed by atoms with van der Waals surface area (Å²) < 4.78 is 18.1. The van der Waals surface area contributed by atoms with Crippen molar-refractivity contribution in [1.29, 1.82) is 0 Å². The number of rotatable bonds is 3. The molecule has 1 heterocycles. The summed E-state index contributed by atoms with van der Waals surface area (Å²) in [6, 6.07) is 9.35. The van der Waals surface area contributed by atoms with Crippen molar-refractivity contribution < 1.29 is 4.52 Å². The average molecular weight is 411 g/mol. The molecule has 0 aliphatic carbocycles. The summed E-state index contributed by atoms with van der Waals surface area (Å²) >= 11 is 24.1. The fourth-order valence-electron chi connectivity index (χ4n) is 1.50. The van der Waals surface area contributed by atoms with Gasteiger partial charge in [0.05, 0.1) is 0 Å². The summed E-state index contributed by atoms with van der Waals surface area (Å²) in [6.07, 6.45) is 0. The lowest BCUT2D eigenvalue weighted by atomic mass is 10.2. The molecule has 1 aromatic carbocycles. The zero-order chi connectivity index (χ0) is 15.0. The molecule has 0 spiro atoms. The largest absolute Gasteiger partial charge is 0.441 e. The van der Waals surface area contributed by atoms with Gasteiger partial charge in [0.25, 0.3) is 19.3 Å². The van der Waals surface area contributed by atoms with E-state index in [4.69, 9.17) is 49.5 Å². The number of hydrogen-bond acceptors (Lipinski definition) is 4. The van der Waals surface area contributed by atoms with Crippen LogP contribution in [0.2, 0.25) is 0 Å². The fourth-order valence-corrected chi connectivity index (χ4v) is 17.2. The first-order chi connectivity index (χ1) is 9.11. The van der Waals surface area contributed by atoms with Crippen molar-refractivity contribution in [3.05, 3.63) is 42.5 Å². The molecule has 2 rings (SSSR count). The maximum atomic E-state index is 6.03. The minimum atomic E-state index is -2.96. The van der Waals surface area contributed by atoms with Crippen molar-refractivity contribution >= 4 is 70.0 Å². The molecular formula is C9H10Cl4N3OP3. The van der Waals surface area contributed by atoms with E-state index in [1.54, 1.807) is 6.66 Å². The van der Waals surface area contributed by atoms with Crippen molar-refractivity contribution in [2.24, 2.45) is 13.5 Å². The van der Waals surface area contributed by atoms with E-state index in [1.807, 2.05) is 30.3 Å². The number of hydrogen-bond donors (Lipinski definition) is 0. The highest BCUT2D eigenvalue weighted by Crippen LogP contribution is 2.85. The van der Waals surface area contributed by atoms with E-state index in [9.17, 15) is 0 Å². The Balaban J connectivity index is 2.39. The van der Waals surface area contributed by atoms with Gasteiger partial charge in [-0.15, -0.1) is 0 Å². The van der Waals surface area contributed by atoms with E-state index in [0.717, 1.165) is 5.56 Å². The van der Waals surface area contributed by atoms with Gasteiger partial charge in [0.2, 0.25) is 0 Å². The SMILES string of the molecule is C=C(OP1(C)=NP(Cl)(Cl)=NP(Cl)(Cl)=N1)c1ccccc1. The minimum Gasteiger partial charge on any atom is -0.441 e. The molecule has 1 atom stereocenters. The van der Waals surface area contributed by atoms with Gasteiger partial charge in [-0.25, -0.2) is 0 Å². The second-order valence-electron chi connectivity index (χ2n) is 3.90. The van der Waals surface area contributed by atoms with Crippen LogP contribution in [0.1, 0.15) is 5.56 Å². The number of nitrogens with zero attached hydrogens (tertiary/aromatic N) is 3. The van der Waals surface area contributed by atoms with Crippen LogP contribution in [-0.4, -0.2) is 6.66 Å². The number of halogens is 4. The van der Waals surface area contributed by atoms with Gasteiger partial charge in [0.15, 0.2) is 0 Å². The lowest BCUT2D eigenvalue weighted by Crippen LogP contribution is -1.88. The normalized spacial score (nSPS) is 26.6. The molecule has 1 aliphatic rings. The van der Waals surface area contributed by atoms with Crippen molar-refractivity contribution in [1.82, 2.24) is 0 Å². The molecule has 0 radical (unpaired) electrons. The molecule has 0 bridgehead atoms. The molecule has 0 aromatic heterocycles. The Hall–Kier alpha value is 0.610. The monoisotopic (exact) mass is 409 g/mol. The van der Waals surface area contributed by atoms with Crippen LogP contribution in [0.5, 0.6) is 0 Å². The Morgan fingerprint density at radius 3 is 2.10 bits per heavy atom. The standard InChI is InChI=1S/C9H10Cl4N3OP3/c1-8(9-6-4-3-5-7-9)17-18(2)14-19(10,11)16-20(12,13)15-18/h3-7H,1H2,2H3. The second-order valence-corrected chi connectivity index (χ2v) is 16.4. The van der Waals surface area contributed by atoms with Gasteiger partial charge in [-0.2, -0.15) is 13.5 Å². The van der Waals surface area contributed by atoms with E-state index in [-0.39, 0.29) is 0 Å². The Morgan fingerprint density at radius 2 is 1.55 bits per heavy atom. The first kappa shape index (κ1) is 17.0. The van der Waals surface area contributed by atoms with Crippen LogP contribution in [0.3, 0.4) is 0 Å². The zero-order valence-electron chi connectivity index (χ0n) is 10.2. The van der Waals surface area contributed by atoms with Crippen molar-refractivity contribution in [2.75, 3.05) is 6.66 Å². The maximum absolute atomic E-state index is 6.03. The molecule has 0 amide bonds. The van der Waals surface area contributed by atoms with E-state index in [1.165, 1.54) is 0 Å². The Bertz CT molecular complexity index is 699. The number of benzene rings is 1. The molecule has 110 valence electrons. The third-order valence-corrected chi connectivity index (χ3v) is 13.7. The van der Waals surface area contributed by atoms with Gasteiger partial charge in [-0.1, -0.05) is 36.9 Å². The smallest absolute Gasteiger partial charge is 0.258 e. The second kappa shape index (κ2) is 6.01. The Kier molecular flexibility index (Phi) is 5.10. The van der Waals surface area contributed by atoms with Gasteiger partial charge in [0.1, 0.15) is 5.76 Å². The van der Waals surface area contributed by atoms with Crippen molar-refractivity contribution in [3.8, 4) is 0 Å². The van der Waals surface area contributed by atoms with Crippen LogP contribution in [0.25, 0.3) is 5.76 Å². The summed E-state index contributed by atoms with van der Waals surface area (Å²) in [6.45, 7) is 5.54. The van der Waals surface area contributed by atoms with Gasteiger partial charge in [-0.3, -0.25) is 0 Å². The molecule has 20 heavy (non-hydrogen) atoms. The first-order valence-corrected chi connectivity index (χ1v) is 14.3. The molecule has 0 N–H and O–H groups in total. The quantitative estimate of drug-likeness (QED) is 0.365. The van der Waals surface area contributed by atoms with Gasteiger partial charge in [-0.05, 0) is 45.0 Å². The zero-order valence-corrected chi connectivity index (χ0v) is 15.9. The molecular weight excluding hydrogens is 401 g/mol. The van der Waals surface area contributed by atoms with Crippen LogP contribution in [-0.2, 0) is 4.52 Å². The van der Waals surface area contributed by atoms with Crippen LogP contribution in [0, 0.1) is 0 Å². The van der Waals surface area contributed by atoms with Gasteiger partial charge in [0, 0.05) is 12.2 Å². The Morgan fingerprint density at radius 1 is 1.00 bits per heavy atom. The summed E-state index contributed by atoms with van der Waals surface area (Å²) in [5.41, 5.74) is 0.808. The highest BCUT2D eigenvalue weighted by molar-refractivity contribution is 8.20. The maximum Gasteiger partial charge on any atom is 0.258 e. The molecule has 11 heteroatoms. The summed E-state index contributed by atoms with van der Waals surface area (Å²) in [4.78, 5) is 0. The van der Waals surface area contributed by atoms with Crippen molar-refractivity contribution in [3.63, 3.8) is 0 Å². The Labute approximate surface area is 137 Å². The topological polar surface area (TPSA) is 46.3 Å². The highest BCUT2D eigenvalue weighted by atomic mass is 35.9. The molecule has 0 fully saturated rings. The van der Waals surface area contributed by atoms with E-state index >= 15 is 0 Å². The average Bonchev–Trinajstić information content (AvgIpc) is 2.24. The van der Waals surface area contributed by atoms with Gasteiger partial charge < -0.3 is 4.52 Å². The summed E-state index contributed by atoms with van der Waals surface area (Å²) in [5.74, 6) is -5.50. The summed E-state index contributed by atoms with van der Waals surface area (Å²) in [5, 5.41) is 0. The highest BCUT2D eigenvalue weighted by Gasteiger charge is 2.32. The van der Waals surface area contributed by atoms with Crippen molar-refractivity contribution in [2.45, 2.75) is 0 Å².